The second kappa shape index (κ2) is 5.47. The zero-order valence-corrected chi connectivity index (χ0v) is 11.9. The summed E-state index contributed by atoms with van der Waals surface area (Å²) in [6.07, 6.45) is 0.594. The van der Waals surface area contributed by atoms with Gasteiger partial charge in [0.15, 0.2) is 0 Å². The van der Waals surface area contributed by atoms with Gasteiger partial charge in [-0.25, -0.2) is 4.79 Å². The maximum absolute atomic E-state index is 11.9. The molecular formula is C15H16N2O4. The molecule has 0 radical (unpaired) electrons. The normalized spacial score (nSPS) is 12.7. The van der Waals surface area contributed by atoms with E-state index >= 15 is 0 Å². The molecule has 2 heterocycles. The first kappa shape index (κ1) is 13.5. The number of H-pyrrole nitrogens is 1. The predicted octanol–water partition coefficient (Wildman–Crippen LogP) is 2.20. The quantitative estimate of drug-likeness (QED) is 0.876. The number of nitrogens with zero attached hydrogens (tertiary/aromatic N) is 1. The van der Waals surface area contributed by atoms with Gasteiger partial charge < -0.3 is 14.2 Å². The number of rotatable bonds is 3. The van der Waals surface area contributed by atoms with E-state index < -0.39 is 0 Å². The van der Waals surface area contributed by atoms with Gasteiger partial charge in [-0.2, -0.15) is 5.10 Å². The second-order valence-corrected chi connectivity index (χ2v) is 4.61. The van der Waals surface area contributed by atoms with Crippen LogP contribution in [-0.2, 0) is 11.2 Å². The molecule has 1 aliphatic rings. The molecule has 0 fully saturated rings. The van der Waals surface area contributed by atoms with Gasteiger partial charge in [-0.05, 0) is 19.1 Å². The highest BCUT2D eigenvalue weighted by Crippen LogP contribution is 2.37. The molecule has 0 amide bonds. The van der Waals surface area contributed by atoms with Gasteiger partial charge in [0, 0.05) is 23.6 Å². The van der Waals surface area contributed by atoms with Crippen molar-refractivity contribution in [3.63, 3.8) is 0 Å². The Labute approximate surface area is 122 Å². The smallest absolute Gasteiger partial charge is 0.356 e. The number of hydrogen-bond acceptors (Lipinski definition) is 5. The highest BCUT2D eigenvalue weighted by Gasteiger charge is 2.25. The minimum atomic E-state index is -0.386. The van der Waals surface area contributed by atoms with E-state index in [9.17, 15) is 4.79 Å². The number of fused-ring (bicyclic) bond motifs is 3. The number of esters is 1. The van der Waals surface area contributed by atoms with E-state index in [4.69, 9.17) is 14.2 Å². The number of methoxy groups -OCH3 is 1. The first-order valence-electron chi connectivity index (χ1n) is 6.80. The first-order valence-corrected chi connectivity index (χ1v) is 6.80. The molecule has 1 aromatic heterocycles. The van der Waals surface area contributed by atoms with Crippen LogP contribution < -0.4 is 9.47 Å². The Kier molecular flexibility index (Phi) is 3.51. The fraction of sp³-hybridized carbons (Fsp3) is 0.333. The number of nitrogens with one attached hydrogen (secondary N) is 1. The molecule has 1 N–H and O–H groups in total. The van der Waals surface area contributed by atoms with Gasteiger partial charge in [-0.15, -0.1) is 0 Å². The van der Waals surface area contributed by atoms with Crippen LogP contribution in [0.3, 0.4) is 0 Å². The summed E-state index contributed by atoms with van der Waals surface area (Å²) < 4.78 is 16.0. The Morgan fingerprint density at radius 3 is 3.10 bits per heavy atom. The predicted molar refractivity (Wildman–Crippen MR) is 75.7 cm³/mol. The van der Waals surface area contributed by atoms with E-state index in [0.717, 1.165) is 22.6 Å². The number of ether oxygens (including phenoxy) is 3. The topological polar surface area (TPSA) is 73.4 Å². The first-order chi connectivity index (χ1) is 10.2. The molecule has 0 saturated carbocycles. The fourth-order valence-corrected chi connectivity index (χ4v) is 2.41. The summed E-state index contributed by atoms with van der Waals surface area (Å²) in [5.74, 6) is 1.04. The van der Waals surface area contributed by atoms with Crippen LogP contribution in [0, 0.1) is 0 Å². The van der Waals surface area contributed by atoms with E-state index in [1.54, 1.807) is 14.0 Å². The second-order valence-electron chi connectivity index (χ2n) is 4.61. The monoisotopic (exact) mass is 288 g/mol. The molecule has 6 nitrogen and oxygen atoms in total. The van der Waals surface area contributed by atoms with E-state index in [-0.39, 0.29) is 5.97 Å². The van der Waals surface area contributed by atoms with Crippen molar-refractivity contribution < 1.29 is 19.0 Å². The van der Waals surface area contributed by atoms with Crippen molar-refractivity contribution >= 4 is 5.97 Å². The van der Waals surface area contributed by atoms with Gasteiger partial charge in [-0.3, -0.25) is 5.10 Å². The summed E-state index contributed by atoms with van der Waals surface area (Å²) in [5, 5.41) is 7.06. The third kappa shape index (κ3) is 2.33. The molecule has 0 spiro atoms. The summed E-state index contributed by atoms with van der Waals surface area (Å²) in [6.45, 7) is 2.58. The van der Waals surface area contributed by atoms with Crippen LogP contribution in [0.2, 0.25) is 0 Å². The number of benzene rings is 1. The van der Waals surface area contributed by atoms with Crippen LogP contribution in [-0.4, -0.2) is 36.5 Å². The van der Waals surface area contributed by atoms with Crippen LogP contribution in [0.4, 0.5) is 0 Å². The summed E-state index contributed by atoms with van der Waals surface area (Å²) in [6, 6.07) is 5.55. The Morgan fingerprint density at radius 1 is 1.48 bits per heavy atom. The molecule has 0 unspecified atom stereocenters. The van der Waals surface area contributed by atoms with Gasteiger partial charge in [0.1, 0.15) is 17.2 Å². The largest absolute Gasteiger partial charge is 0.497 e. The minimum absolute atomic E-state index is 0.330. The zero-order chi connectivity index (χ0) is 14.8. The molecule has 110 valence electrons. The summed E-state index contributed by atoms with van der Waals surface area (Å²) in [4.78, 5) is 11.9. The zero-order valence-electron chi connectivity index (χ0n) is 11.9. The Balaban J connectivity index is 2.07. The molecular weight excluding hydrogens is 272 g/mol. The van der Waals surface area contributed by atoms with Crippen molar-refractivity contribution in [1.82, 2.24) is 10.2 Å². The maximum atomic E-state index is 11.9. The van der Waals surface area contributed by atoms with Crippen LogP contribution >= 0.6 is 0 Å². The van der Waals surface area contributed by atoms with Crippen LogP contribution in [0.1, 0.15) is 23.0 Å². The van der Waals surface area contributed by atoms with Crippen LogP contribution in [0.5, 0.6) is 11.5 Å². The molecule has 0 bridgehead atoms. The highest BCUT2D eigenvalue weighted by atomic mass is 16.5. The van der Waals surface area contributed by atoms with Crippen molar-refractivity contribution in [3.8, 4) is 22.8 Å². The van der Waals surface area contributed by atoms with Gasteiger partial charge in [-0.1, -0.05) is 0 Å². The van der Waals surface area contributed by atoms with E-state index in [2.05, 4.69) is 10.2 Å². The number of carbonyl (C=O) groups is 1. The molecule has 1 aromatic carbocycles. The summed E-state index contributed by atoms with van der Waals surface area (Å²) >= 11 is 0. The average Bonchev–Trinajstić information content (AvgIpc) is 2.83. The lowest BCUT2D eigenvalue weighted by Crippen LogP contribution is -2.09. The lowest BCUT2D eigenvalue weighted by atomic mass is 10.0. The Morgan fingerprint density at radius 2 is 2.33 bits per heavy atom. The SMILES string of the molecule is CCOC(=O)c1[nH]nc2c1CCOc1cc(OC)ccc1-2. The van der Waals surface area contributed by atoms with Gasteiger partial charge in [0.05, 0.1) is 26.0 Å². The number of aromatic nitrogens is 2. The van der Waals surface area contributed by atoms with Gasteiger partial charge in [0.2, 0.25) is 0 Å². The lowest BCUT2D eigenvalue weighted by molar-refractivity contribution is 0.0518. The van der Waals surface area contributed by atoms with Gasteiger partial charge >= 0.3 is 5.97 Å². The van der Waals surface area contributed by atoms with Crippen molar-refractivity contribution in [2.75, 3.05) is 20.3 Å². The molecule has 1 aliphatic heterocycles. The number of hydrogen-bond donors (Lipinski definition) is 1. The van der Waals surface area contributed by atoms with Crippen molar-refractivity contribution in [2.24, 2.45) is 0 Å². The molecule has 0 saturated heterocycles. The van der Waals surface area contributed by atoms with E-state index in [1.807, 2.05) is 18.2 Å². The molecule has 0 atom stereocenters. The third-order valence-corrected chi connectivity index (χ3v) is 3.40. The van der Waals surface area contributed by atoms with Crippen LogP contribution in [0.25, 0.3) is 11.3 Å². The Hall–Kier alpha value is -2.50. The van der Waals surface area contributed by atoms with E-state index in [0.29, 0.717) is 31.1 Å². The summed E-state index contributed by atoms with van der Waals surface area (Å²) in [7, 11) is 1.61. The van der Waals surface area contributed by atoms with Crippen molar-refractivity contribution in [3.05, 3.63) is 29.5 Å². The number of aromatic amines is 1. The van der Waals surface area contributed by atoms with Gasteiger partial charge in [0.25, 0.3) is 0 Å². The lowest BCUT2D eigenvalue weighted by Gasteiger charge is -2.08. The van der Waals surface area contributed by atoms with E-state index in [1.165, 1.54) is 0 Å². The molecule has 6 heteroatoms. The number of carbonyl (C=O) groups excluding carboxylic acids is 1. The Bertz CT molecular complexity index is 678. The van der Waals surface area contributed by atoms with Crippen LogP contribution in [0.15, 0.2) is 18.2 Å². The molecule has 3 rings (SSSR count). The third-order valence-electron chi connectivity index (χ3n) is 3.40. The fourth-order valence-electron chi connectivity index (χ4n) is 2.41. The minimum Gasteiger partial charge on any atom is -0.497 e. The van der Waals surface area contributed by atoms with Crippen molar-refractivity contribution in [2.45, 2.75) is 13.3 Å². The molecule has 0 aliphatic carbocycles. The molecule has 2 aromatic rings. The van der Waals surface area contributed by atoms with Crippen molar-refractivity contribution in [1.29, 1.82) is 0 Å². The standard InChI is InChI=1S/C15H16N2O4/c1-3-20-15(18)14-11-6-7-21-12-8-9(19-2)4-5-10(12)13(11)16-17-14/h4-5,8H,3,6-7H2,1-2H3,(H,16,17). The summed E-state index contributed by atoms with van der Waals surface area (Å²) in [5.41, 5.74) is 2.81. The average molecular weight is 288 g/mol. The molecule has 21 heavy (non-hydrogen) atoms. The highest BCUT2D eigenvalue weighted by molar-refractivity contribution is 5.91. The maximum Gasteiger partial charge on any atom is 0.356 e.